The molecule has 2 aromatic heterocycles. The fourth-order valence-corrected chi connectivity index (χ4v) is 6.21. The lowest BCUT2D eigenvalue weighted by Crippen LogP contribution is -2.45. The molecule has 1 unspecified atom stereocenters. The number of nitrogens with zero attached hydrogens (tertiary/aromatic N) is 4. The molecule has 1 atom stereocenters. The fourth-order valence-electron chi connectivity index (χ4n) is 6.21. The first kappa shape index (κ1) is 21.2. The lowest BCUT2D eigenvalue weighted by atomic mass is 9.75. The van der Waals surface area contributed by atoms with E-state index in [4.69, 9.17) is 15.5 Å². The number of anilines is 1. The predicted octanol–water partition coefficient (Wildman–Crippen LogP) is 3.90. The second-order valence-corrected chi connectivity index (χ2v) is 9.95. The number of nitrogen functional groups attached to an aromatic ring is 1. The number of imidazole rings is 1. The van der Waals surface area contributed by atoms with E-state index in [1.165, 1.54) is 18.7 Å². The molecule has 0 radical (unpaired) electrons. The van der Waals surface area contributed by atoms with Crippen molar-refractivity contribution in [2.24, 2.45) is 5.92 Å². The Labute approximate surface area is 190 Å². The van der Waals surface area contributed by atoms with E-state index < -0.39 is 12.1 Å². The Morgan fingerprint density at radius 1 is 1.15 bits per heavy atom. The molecule has 1 aliphatic heterocycles. The van der Waals surface area contributed by atoms with Crippen molar-refractivity contribution in [1.29, 1.82) is 0 Å². The monoisotopic (exact) mass is 463 g/mol. The van der Waals surface area contributed by atoms with Crippen LogP contribution in [0.1, 0.15) is 50.3 Å². The third kappa shape index (κ3) is 3.67. The largest absolute Gasteiger partial charge is 0.573 e. The molecule has 1 saturated heterocycles. The van der Waals surface area contributed by atoms with Gasteiger partial charge in [0.1, 0.15) is 5.82 Å². The van der Waals surface area contributed by atoms with Gasteiger partial charge in [-0.3, -0.25) is 4.90 Å². The highest BCUT2D eigenvalue weighted by atomic mass is 19.4. The van der Waals surface area contributed by atoms with Gasteiger partial charge in [-0.2, -0.15) is 0 Å². The maximum absolute atomic E-state index is 12.8. The summed E-state index contributed by atoms with van der Waals surface area (Å²) < 4.78 is 50.4. The lowest BCUT2D eigenvalue weighted by molar-refractivity contribution is -0.274. The summed E-state index contributed by atoms with van der Waals surface area (Å²) in [5, 5.41) is 0. The molecule has 5 fully saturated rings. The van der Waals surface area contributed by atoms with Crippen molar-refractivity contribution in [3.05, 3.63) is 24.3 Å². The Hall–Kier alpha value is -2.33. The average molecular weight is 464 g/mol. The van der Waals surface area contributed by atoms with E-state index in [1.807, 2.05) is 6.20 Å². The van der Waals surface area contributed by atoms with Crippen molar-refractivity contribution in [3.63, 3.8) is 0 Å². The first-order valence-electron chi connectivity index (χ1n) is 11.7. The molecule has 10 heteroatoms. The molecule has 2 aromatic rings. The number of aromatic nitrogens is 3. The van der Waals surface area contributed by atoms with Gasteiger partial charge in [-0.05, 0) is 44.1 Å². The van der Waals surface area contributed by atoms with E-state index in [0.29, 0.717) is 29.1 Å². The zero-order chi connectivity index (χ0) is 22.8. The number of halogens is 3. The highest BCUT2D eigenvalue weighted by Gasteiger charge is 2.59. The topological polar surface area (TPSA) is 78.4 Å². The number of hydrogen-bond donors (Lipinski definition) is 1. The van der Waals surface area contributed by atoms with Crippen LogP contribution in [0, 0.1) is 5.92 Å². The standard InChI is InChI=1S/C23H28F3N5O2/c24-23(25,26)33-19-8-15(12-28-20(19)27)17-13-31(21(29-17)14-2-1-3-14)22-9-16(10-22)18(11-22)30-4-6-32-7-5-30/h8,12-14,16,18H,1-7,9-11H2,(H2,27,28). The Morgan fingerprint density at radius 3 is 2.58 bits per heavy atom. The van der Waals surface area contributed by atoms with Gasteiger partial charge in [-0.15, -0.1) is 13.2 Å². The molecule has 7 rings (SSSR count). The molecule has 3 heterocycles. The summed E-state index contributed by atoms with van der Waals surface area (Å²) in [7, 11) is 0. The molecule has 5 aliphatic rings. The van der Waals surface area contributed by atoms with Crippen molar-refractivity contribution < 1.29 is 22.6 Å². The Bertz CT molecular complexity index is 1040. The van der Waals surface area contributed by atoms with Gasteiger partial charge in [0.25, 0.3) is 0 Å². The van der Waals surface area contributed by atoms with Crippen molar-refractivity contribution in [2.45, 2.75) is 62.4 Å². The van der Waals surface area contributed by atoms with Gasteiger partial charge in [-0.1, -0.05) is 6.42 Å². The summed E-state index contributed by atoms with van der Waals surface area (Å²) in [4.78, 5) is 11.5. The number of morpholine rings is 1. The number of hydrogen-bond acceptors (Lipinski definition) is 6. The zero-order valence-electron chi connectivity index (χ0n) is 18.4. The van der Waals surface area contributed by atoms with Gasteiger partial charge in [-0.25, -0.2) is 9.97 Å². The highest BCUT2D eigenvalue weighted by molar-refractivity contribution is 5.64. The van der Waals surface area contributed by atoms with Gasteiger partial charge < -0.3 is 19.8 Å². The molecule has 7 nitrogen and oxygen atoms in total. The van der Waals surface area contributed by atoms with Crippen molar-refractivity contribution in [1.82, 2.24) is 19.4 Å². The van der Waals surface area contributed by atoms with Gasteiger partial charge in [0, 0.05) is 48.5 Å². The summed E-state index contributed by atoms with van der Waals surface area (Å²) in [6, 6.07) is 1.86. The molecule has 4 aliphatic carbocycles. The summed E-state index contributed by atoms with van der Waals surface area (Å²) in [5.74, 6) is 1.37. The van der Waals surface area contributed by atoms with E-state index >= 15 is 0 Å². The van der Waals surface area contributed by atoms with Crippen LogP contribution in [0.3, 0.4) is 0 Å². The van der Waals surface area contributed by atoms with Gasteiger partial charge in [0.15, 0.2) is 11.6 Å². The smallest absolute Gasteiger partial charge is 0.402 e. The van der Waals surface area contributed by atoms with Crippen LogP contribution in [0.2, 0.25) is 0 Å². The van der Waals surface area contributed by atoms with E-state index in [2.05, 4.69) is 19.2 Å². The Kier molecular flexibility index (Phi) is 4.88. The molecular formula is C23H28F3N5O2. The number of rotatable bonds is 5. The number of pyridine rings is 1. The van der Waals surface area contributed by atoms with Crippen LogP contribution in [0.25, 0.3) is 11.3 Å². The molecule has 0 spiro atoms. The number of ether oxygens (including phenoxy) is 2. The molecule has 33 heavy (non-hydrogen) atoms. The molecule has 178 valence electrons. The third-order valence-corrected chi connectivity index (χ3v) is 8.05. The quantitative estimate of drug-likeness (QED) is 0.725. The second kappa shape index (κ2) is 7.59. The second-order valence-electron chi connectivity index (χ2n) is 9.95. The van der Waals surface area contributed by atoms with Crippen molar-refractivity contribution in [2.75, 3.05) is 32.0 Å². The first-order chi connectivity index (χ1) is 15.8. The average Bonchev–Trinajstić information content (AvgIpc) is 3.40. The molecule has 2 N–H and O–H groups in total. The highest BCUT2D eigenvalue weighted by Crippen LogP contribution is 2.60. The van der Waals surface area contributed by atoms with E-state index in [1.54, 1.807) is 0 Å². The van der Waals surface area contributed by atoms with E-state index in [0.717, 1.165) is 64.2 Å². The maximum Gasteiger partial charge on any atom is 0.573 e. The fraction of sp³-hybridized carbons (Fsp3) is 0.652. The third-order valence-electron chi connectivity index (χ3n) is 8.05. The molecular weight excluding hydrogens is 435 g/mol. The van der Waals surface area contributed by atoms with Gasteiger partial charge in [0.05, 0.1) is 18.9 Å². The molecule has 0 amide bonds. The zero-order valence-corrected chi connectivity index (χ0v) is 18.4. The van der Waals surface area contributed by atoms with Crippen LogP contribution in [0.4, 0.5) is 19.0 Å². The Balaban J connectivity index is 1.32. The van der Waals surface area contributed by atoms with E-state index in [9.17, 15) is 13.2 Å². The van der Waals surface area contributed by atoms with Crippen LogP contribution in [-0.4, -0.2) is 58.1 Å². The summed E-state index contributed by atoms with van der Waals surface area (Å²) >= 11 is 0. The number of fused-ring (bicyclic) bond motifs is 1. The summed E-state index contributed by atoms with van der Waals surface area (Å²) in [6.45, 7) is 3.57. The summed E-state index contributed by atoms with van der Waals surface area (Å²) in [5.41, 5.74) is 6.79. The first-order valence-corrected chi connectivity index (χ1v) is 11.7. The van der Waals surface area contributed by atoms with Crippen LogP contribution in [0.15, 0.2) is 18.5 Å². The van der Waals surface area contributed by atoms with Crippen LogP contribution >= 0.6 is 0 Å². The number of alkyl halides is 3. The molecule has 4 saturated carbocycles. The lowest BCUT2D eigenvalue weighted by Gasteiger charge is -2.42. The van der Waals surface area contributed by atoms with Gasteiger partial charge >= 0.3 is 6.36 Å². The van der Waals surface area contributed by atoms with Crippen molar-refractivity contribution >= 4 is 5.82 Å². The SMILES string of the molecule is Nc1ncc(-c2cn(C34CC(C3)C(N3CCOCC3)C4)c(C3CCC3)n2)cc1OC(F)(F)F. The van der Waals surface area contributed by atoms with Crippen LogP contribution < -0.4 is 10.5 Å². The predicted molar refractivity (Wildman–Crippen MR) is 115 cm³/mol. The van der Waals surface area contributed by atoms with Crippen LogP contribution in [-0.2, 0) is 10.3 Å². The minimum Gasteiger partial charge on any atom is -0.402 e. The minimum absolute atomic E-state index is 0.0519. The normalized spacial score (nSPS) is 30.2. The Morgan fingerprint density at radius 2 is 1.91 bits per heavy atom. The van der Waals surface area contributed by atoms with Gasteiger partial charge in [0.2, 0.25) is 0 Å². The van der Waals surface area contributed by atoms with E-state index in [-0.39, 0.29) is 11.4 Å². The number of nitrogens with two attached hydrogens (primary N) is 1. The molecule has 2 bridgehead atoms. The minimum atomic E-state index is -4.83. The molecule has 0 aromatic carbocycles. The maximum atomic E-state index is 12.8. The van der Waals surface area contributed by atoms with Crippen LogP contribution in [0.5, 0.6) is 5.75 Å². The summed E-state index contributed by atoms with van der Waals surface area (Å²) in [6.07, 6.45) is 5.42. The van der Waals surface area contributed by atoms with Crippen molar-refractivity contribution in [3.8, 4) is 17.0 Å².